The highest BCUT2D eigenvalue weighted by molar-refractivity contribution is 8.13. The fourth-order valence-electron chi connectivity index (χ4n) is 4.12. The predicted octanol–water partition coefficient (Wildman–Crippen LogP) is 5.81. The monoisotopic (exact) mass is 499 g/mol. The molecule has 36 heavy (non-hydrogen) atoms. The molecule has 1 atom stereocenters. The summed E-state index contributed by atoms with van der Waals surface area (Å²) in [6, 6.07) is 15.8. The Morgan fingerprint density at radius 1 is 1.14 bits per heavy atom. The third kappa shape index (κ3) is 4.16. The number of benzene rings is 2. The molecule has 5 aromatic rings. The standard InChI is InChI=1S/C26H22FN7OS/c1-15(22-12-21(33-35-22)18-6-4-5-7-20(18)27)34-13-19(23-24(28)31-14-32-25(23)34)16-8-10-17(11-9-16)26(29-2)36-30-3/h4-15H,3H2,1-2H3,(H2,28,31,32)/b29-26-. The van der Waals surface area contributed by atoms with Crippen molar-refractivity contribution in [2.75, 3.05) is 12.8 Å². The third-order valence-corrected chi connectivity index (χ3v) is 6.66. The molecule has 8 nitrogen and oxygen atoms in total. The van der Waals surface area contributed by atoms with Crippen LogP contribution in [0.3, 0.4) is 0 Å². The zero-order valence-corrected chi connectivity index (χ0v) is 20.4. The lowest BCUT2D eigenvalue weighted by Gasteiger charge is -2.11. The van der Waals surface area contributed by atoms with Gasteiger partial charge in [-0.15, -0.1) is 0 Å². The molecule has 0 saturated heterocycles. The summed E-state index contributed by atoms with van der Waals surface area (Å²) in [6.07, 6.45) is 3.40. The predicted molar refractivity (Wildman–Crippen MR) is 143 cm³/mol. The summed E-state index contributed by atoms with van der Waals surface area (Å²) in [5, 5.41) is 5.60. The molecule has 3 aromatic heterocycles. The summed E-state index contributed by atoms with van der Waals surface area (Å²) in [4.78, 5) is 13.0. The minimum absolute atomic E-state index is 0.295. The number of nitrogens with zero attached hydrogens (tertiary/aromatic N) is 6. The highest BCUT2D eigenvalue weighted by atomic mass is 32.2. The number of hydrogen-bond donors (Lipinski definition) is 1. The molecule has 0 aliphatic rings. The fraction of sp³-hybridized carbons (Fsp3) is 0.115. The first-order valence-electron chi connectivity index (χ1n) is 11.0. The van der Waals surface area contributed by atoms with Crippen molar-refractivity contribution in [2.45, 2.75) is 13.0 Å². The molecule has 0 radical (unpaired) electrons. The lowest BCUT2D eigenvalue weighted by molar-refractivity contribution is 0.356. The first kappa shape index (κ1) is 23.4. The molecular weight excluding hydrogens is 477 g/mol. The summed E-state index contributed by atoms with van der Waals surface area (Å²) in [5.41, 5.74) is 10.5. The van der Waals surface area contributed by atoms with Gasteiger partial charge in [0.05, 0.1) is 11.4 Å². The molecule has 0 saturated carbocycles. The van der Waals surface area contributed by atoms with Gasteiger partial charge in [-0.3, -0.25) is 4.99 Å². The van der Waals surface area contributed by atoms with Crippen LogP contribution in [0.15, 0.2) is 81.0 Å². The van der Waals surface area contributed by atoms with Crippen molar-refractivity contribution in [3.8, 4) is 22.4 Å². The Labute approximate surface area is 210 Å². The van der Waals surface area contributed by atoms with Crippen LogP contribution < -0.4 is 5.73 Å². The van der Waals surface area contributed by atoms with Crippen LogP contribution in [-0.4, -0.2) is 38.5 Å². The van der Waals surface area contributed by atoms with E-state index in [-0.39, 0.29) is 11.9 Å². The number of halogens is 1. The molecule has 2 aromatic carbocycles. The molecule has 3 heterocycles. The second-order valence-corrected chi connectivity index (χ2v) is 8.83. The Balaban J connectivity index is 1.56. The van der Waals surface area contributed by atoms with E-state index in [0.717, 1.165) is 27.1 Å². The Morgan fingerprint density at radius 2 is 1.92 bits per heavy atom. The minimum atomic E-state index is -0.360. The highest BCUT2D eigenvalue weighted by Crippen LogP contribution is 2.36. The molecule has 180 valence electrons. The van der Waals surface area contributed by atoms with Crippen molar-refractivity contribution >= 4 is 40.6 Å². The quantitative estimate of drug-likeness (QED) is 0.179. The zero-order chi connectivity index (χ0) is 25.2. The average molecular weight is 500 g/mol. The topological polar surface area (TPSA) is 107 Å². The van der Waals surface area contributed by atoms with Gasteiger partial charge in [-0.2, -0.15) is 0 Å². The lowest BCUT2D eigenvalue weighted by atomic mass is 10.0. The Bertz CT molecular complexity index is 1590. The highest BCUT2D eigenvalue weighted by Gasteiger charge is 2.22. The van der Waals surface area contributed by atoms with Crippen molar-refractivity contribution in [1.82, 2.24) is 19.7 Å². The number of aromatic nitrogens is 4. The van der Waals surface area contributed by atoms with Crippen LogP contribution in [-0.2, 0) is 0 Å². The molecule has 10 heteroatoms. The molecule has 0 spiro atoms. The molecular formula is C26H22FN7OS. The molecule has 1 unspecified atom stereocenters. The summed E-state index contributed by atoms with van der Waals surface area (Å²) >= 11 is 1.22. The maximum absolute atomic E-state index is 14.3. The van der Waals surface area contributed by atoms with Crippen LogP contribution in [0.4, 0.5) is 10.2 Å². The van der Waals surface area contributed by atoms with Gasteiger partial charge >= 0.3 is 0 Å². The van der Waals surface area contributed by atoms with Crippen LogP contribution in [0.25, 0.3) is 33.4 Å². The number of nitrogens with two attached hydrogens (primary N) is 1. The van der Waals surface area contributed by atoms with Crippen LogP contribution in [0.5, 0.6) is 0 Å². The summed E-state index contributed by atoms with van der Waals surface area (Å²) in [6.45, 7) is 5.48. The van der Waals surface area contributed by atoms with E-state index >= 15 is 0 Å². The number of rotatable bonds is 6. The Kier molecular flexibility index (Phi) is 6.34. The maximum atomic E-state index is 14.3. The minimum Gasteiger partial charge on any atom is -0.383 e. The van der Waals surface area contributed by atoms with E-state index in [1.807, 2.05) is 42.0 Å². The molecule has 0 amide bonds. The van der Waals surface area contributed by atoms with E-state index in [2.05, 4.69) is 31.2 Å². The number of nitrogen functional groups attached to an aromatic ring is 1. The van der Waals surface area contributed by atoms with Gasteiger partial charge in [0.25, 0.3) is 0 Å². The van der Waals surface area contributed by atoms with Gasteiger partial charge in [-0.1, -0.05) is 41.6 Å². The molecule has 0 bridgehead atoms. The van der Waals surface area contributed by atoms with E-state index in [1.165, 1.54) is 24.3 Å². The van der Waals surface area contributed by atoms with Gasteiger partial charge in [0.2, 0.25) is 0 Å². The van der Waals surface area contributed by atoms with Crippen molar-refractivity contribution in [2.24, 2.45) is 9.39 Å². The third-order valence-electron chi connectivity index (χ3n) is 5.94. The second-order valence-electron chi connectivity index (χ2n) is 8.00. The lowest BCUT2D eigenvalue weighted by Crippen LogP contribution is -2.05. The second kappa shape index (κ2) is 9.74. The molecule has 2 N–H and O–H groups in total. The fourth-order valence-corrected chi connectivity index (χ4v) is 4.56. The van der Waals surface area contributed by atoms with Crippen LogP contribution in [0, 0.1) is 5.82 Å². The number of fused-ring (bicyclic) bond motifs is 1. The molecule has 5 rings (SSSR count). The first-order valence-corrected chi connectivity index (χ1v) is 11.8. The summed E-state index contributed by atoms with van der Waals surface area (Å²) in [7, 11) is 1.72. The summed E-state index contributed by atoms with van der Waals surface area (Å²) in [5.74, 6) is 0.570. The Morgan fingerprint density at radius 3 is 2.64 bits per heavy atom. The first-order chi connectivity index (χ1) is 17.5. The van der Waals surface area contributed by atoms with Crippen molar-refractivity contribution in [3.63, 3.8) is 0 Å². The average Bonchev–Trinajstić information content (AvgIpc) is 3.54. The van der Waals surface area contributed by atoms with Gasteiger partial charge in [-0.05, 0) is 31.3 Å². The summed E-state index contributed by atoms with van der Waals surface area (Å²) < 4.78 is 25.7. The molecule has 0 aliphatic carbocycles. The van der Waals surface area contributed by atoms with Gasteiger partial charge in [0.15, 0.2) is 5.76 Å². The molecule has 0 fully saturated rings. The van der Waals surface area contributed by atoms with Gasteiger partial charge in [0.1, 0.15) is 34.3 Å². The normalized spacial score (nSPS) is 12.7. The largest absolute Gasteiger partial charge is 0.383 e. The van der Waals surface area contributed by atoms with Gasteiger partial charge < -0.3 is 14.8 Å². The van der Waals surface area contributed by atoms with E-state index in [0.29, 0.717) is 28.5 Å². The number of hydrogen-bond acceptors (Lipinski definition) is 8. The van der Waals surface area contributed by atoms with Crippen LogP contribution >= 0.6 is 11.9 Å². The maximum Gasteiger partial charge on any atom is 0.159 e. The van der Waals surface area contributed by atoms with E-state index in [4.69, 9.17) is 10.3 Å². The number of anilines is 1. The zero-order valence-electron chi connectivity index (χ0n) is 19.6. The van der Waals surface area contributed by atoms with Gasteiger partial charge in [-0.25, -0.2) is 18.8 Å². The van der Waals surface area contributed by atoms with E-state index < -0.39 is 0 Å². The van der Waals surface area contributed by atoms with E-state index in [9.17, 15) is 4.39 Å². The van der Waals surface area contributed by atoms with E-state index in [1.54, 1.807) is 31.3 Å². The van der Waals surface area contributed by atoms with Gasteiger partial charge in [0, 0.05) is 47.9 Å². The van der Waals surface area contributed by atoms with Crippen LogP contribution in [0.2, 0.25) is 0 Å². The number of aliphatic imine (C=N–C) groups is 1. The molecule has 0 aliphatic heterocycles. The van der Waals surface area contributed by atoms with Crippen molar-refractivity contribution in [3.05, 3.63) is 84.3 Å². The van der Waals surface area contributed by atoms with Crippen molar-refractivity contribution < 1.29 is 8.91 Å². The van der Waals surface area contributed by atoms with Crippen LogP contribution in [0.1, 0.15) is 24.3 Å². The SMILES string of the molecule is C=NS/C(=N\C)c1ccc(-c2cn(C(C)c3cc(-c4ccccc4F)no3)c3ncnc(N)c23)cc1. The Hall–Kier alpha value is -4.31. The smallest absolute Gasteiger partial charge is 0.159 e. The van der Waals surface area contributed by atoms with Crippen molar-refractivity contribution in [1.29, 1.82) is 0 Å².